The van der Waals surface area contributed by atoms with E-state index in [1.165, 1.54) is 20.9 Å². The van der Waals surface area contributed by atoms with Crippen LogP contribution < -0.4 is 10.1 Å². The van der Waals surface area contributed by atoms with Crippen LogP contribution in [0.25, 0.3) is 0 Å². The zero-order valence-electron chi connectivity index (χ0n) is 13.4. The van der Waals surface area contributed by atoms with Gasteiger partial charge in [-0.05, 0) is 56.1 Å². The number of nitrogens with one attached hydrogen (secondary N) is 1. The van der Waals surface area contributed by atoms with Crippen molar-refractivity contribution in [3.05, 3.63) is 51.2 Å². The Kier molecular flexibility index (Phi) is 5.83. The van der Waals surface area contributed by atoms with Crippen molar-refractivity contribution < 1.29 is 4.74 Å². The molecule has 2 aromatic rings. The minimum atomic E-state index is 0.271. The molecule has 0 spiro atoms. The predicted octanol–water partition coefficient (Wildman–Crippen LogP) is 4.85. The average molecular weight is 303 g/mol. The summed E-state index contributed by atoms with van der Waals surface area (Å²) in [6.07, 6.45) is 1.04. The highest BCUT2D eigenvalue weighted by Gasteiger charge is 2.16. The van der Waals surface area contributed by atoms with Crippen LogP contribution in [-0.2, 0) is 0 Å². The van der Waals surface area contributed by atoms with Gasteiger partial charge >= 0.3 is 0 Å². The van der Waals surface area contributed by atoms with Gasteiger partial charge in [-0.1, -0.05) is 26.0 Å². The minimum absolute atomic E-state index is 0.271. The zero-order valence-corrected chi connectivity index (χ0v) is 14.2. The van der Waals surface area contributed by atoms with E-state index in [4.69, 9.17) is 4.74 Å². The Morgan fingerprint density at radius 3 is 2.38 bits per heavy atom. The van der Waals surface area contributed by atoms with Crippen molar-refractivity contribution in [1.82, 2.24) is 5.32 Å². The van der Waals surface area contributed by atoms with Crippen LogP contribution >= 0.6 is 11.3 Å². The molecule has 0 saturated carbocycles. The normalized spacial score (nSPS) is 12.4. The molecule has 0 radical (unpaired) electrons. The van der Waals surface area contributed by atoms with Gasteiger partial charge in [0.25, 0.3) is 0 Å². The van der Waals surface area contributed by atoms with E-state index in [0.29, 0.717) is 0 Å². The van der Waals surface area contributed by atoms with E-state index in [1.54, 1.807) is 0 Å². The largest absolute Gasteiger partial charge is 0.494 e. The van der Waals surface area contributed by atoms with Crippen LogP contribution in [0.1, 0.15) is 47.2 Å². The van der Waals surface area contributed by atoms with Gasteiger partial charge in [0.15, 0.2) is 0 Å². The summed E-state index contributed by atoms with van der Waals surface area (Å²) in [6.45, 7) is 10.4. The zero-order chi connectivity index (χ0) is 15.2. The number of hydrogen-bond donors (Lipinski definition) is 1. The molecule has 0 aliphatic carbocycles. The summed E-state index contributed by atoms with van der Waals surface area (Å²) in [5, 5.41) is 3.59. The van der Waals surface area contributed by atoms with E-state index in [0.717, 1.165) is 25.3 Å². The number of hydrogen-bond acceptors (Lipinski definition) is 3. The Morgan fingerprint density at radius 1 is 1.14 bits per heavy atom. The lowest BCUT2D eigenvalue weighted by Gasteiger charge is -2.17. The molecule has 3 heteroatoms. The second-order valence-corrected chi connectivity index (χ2v) is 6.58. The molecule has 0 aliphatic heterocycles. The number of thiophene rings is 1. The Labute approximate surface area is 132 Å². The molecule has 1 atom stereocenters. The summed E-state index contributed by atoms with van der Waals surface area (Å²) < 4.78 is 5.66. The van der Waals surface area contributed by atoms with Crippen molar-refractivity contribution >= 4 is 11.3 Å². The van der Waals surface area contributed by atoms with Crippen LogP contribution in [0, 0.1) is 13.8 Å². The summed E-state index contributed by atoms with van der Waals surface area (Å²) in [5.41, 5.74) is 2.67. The van der Waals surface area contributed by atoms with Crippen LogP contribution in [0.15, 0.2) is 30.3 Å². The molecule has 0 fully saturated rings. The van der Waals surface area contributed by atoms with E-state index in [-0.39, 0.29) is 6.04 Å². The fourth-order valence-corrected chi connectivity index (χ4v) is 3.45. The maximum absolute atomic E-state index is 5.66. The summed E-state index contributed by atoms with van der Waals surface area (Å²) >= 11 is 1.88. The molecule has 0 aliphatic rings. The van der Waals surface area contributed by atoms with Crippen molar-refractivity contribution in [2.24, 2.45) is 0 Å². The predicted molar refractivity (Wildman–Crippen MR) is 91.5 cm³/mol. The third-order valence-electron chi connectivity index (χ3n) is 3.56. The molecule has 1 aromatic carbocycles. The summed E-state index contributed by atoms with van der Waals surface area (Å²) in [6, 6.07) is 11.1. The maximum atomic E-state index is 5.66. The molecule has 114 valence electrons. The van der Waals surface area contributed by atoms with E-state index < -0.39 is 0 Å². The number of aryl methyl sites for hydroxylation is 2. The second kappa shape index (κ2) is 7.62. The number of benzene rings is 1. The molecular weight excluding hydrogens is 278 g/mol. The fraction of sp³-hybridized carbons (Fsp3) is 0.444. The van der Waals surface area contributed by atoms with Crippen LogP contribution in [-0.4, -0.2) is 13.2 Å². The smallest absolute Gasteiger partial charge is 0.119 e. The van der Waals surface area contributed by atoms with E-state index >= 15 is 0 Å². The molecule has 2 rings (SSSR count). The van der Waals surface area contributed by atoms with Crippen molar-refractivity contribution in [3.8, 4) is 5.75 Å². The lowest BCUT2D eigenvalue weighted by Crippen LogP contribution is -2.21. The lowest BCUT2D eigenvalue weighted by molar-refractivity contribution is 0.317. The van der Waals surface area contributed by atoms with Crippen molar-refractivity contribution in [3.63, 3.8) is 0 Å². The highest BCUT2D eigenvalue weighted by Crippen LogP contribution is 2.31. The molecule has 1 unspecified atom stereocenters. The molecule has 0 saturated heterocycles. The summed E-state index contributed by atoms with van der Waals surface area (Å²) in [4.78, 5) is 2.78. The molecular formula is C18H25NOS. The Bertz CT molecular complexity index is 540. The molecule has 1 N–H and O–H groups in total. The Hall–Kier alpha value is -1.32. The van der Waals surface area contributed by atoms with Gasteiger partial charge < -0.3 is 10.1 Å². The molecule has 21 heavy (non-hydrogen) atoms. The van der Waals surface area contributed by atoms with Gasteiger partial charge in [-0.15, -0.1) is 11.3 Å². The Balaban J connectivity index is 2.21. The van der Waals surface area contributed by atoms with E-state index in [9.17, 15) is 0 Å². The van der Waals surface area contributed by atoms with Gasteiger partial charge in [0, 0.05) is 9.75 Å². The highest BCUT2D eigenvalue weighted by molar-refractivity contribution is 7.12. The summed E-state index contributed by atoms with van der Waals surface area (Å²) in [7, 11) is 0. The van der Waals surface area contributed by atoms with Gasteiger partial charge in [0.2, 0.25) is 0 Å². The van der Waals surface area contributed by atoms with Gasteiger partial charge in [-0.3, -0.25) is 0 Å². The van der Waals surface area contributed by atoms with E-state index in [1.807, 2.05) is 11.3 Å². The van der Waals surface area contributed by atoms with Gasteiger partial charge in [0.1, 0.15) is 5.75 Å². The third kappa shape index (κ3) is 4.08. The first-order chi connectivity index (χ1) is 10.2. The van der Waals surface area contributed by atoms with Gasteiger partial charge in [-0.2, -0.15) is 0 Å². The fourth-order valence-electron chi connectivity index (χ4n) is 2.31. The standard InChI is InChI=1S/C18H25NOS/c1-5-11-20-16-9-7-15(8-10-16)18(19-6-2)17-12-13(3)14(4)21-17/h7-10,12,18-19H,5-6,11H2,1-4H3. The molecule has 0 amide bonds. The lowest BCUT2D eigenvalue weighted by atomic mass is 10.0. The minimum Gasteiger partial charge on any atom is -0.494 e. The maximum Gasteiger partial charge on any atom is 0.119 e. The number of rotatable bonds is 7. The van der Waals surface area contributed by atoms with Gasteiger partial charge in [0.05, 0.1) is 12.6 Å². The van der Waals surface area contributed by atoms with Crippen LogP contribution in [0.5, 0.6) is 5.75 Å². The number of ether oxygens (including phenoxy) is 1. The topological polar surface area (TPSA) is 21.3 Å². The molecule has 1 aromatic heterocycles. The molecule has 2 nitrogen and oxygen atoms in total. The first-order valence-electron chi connectivity index (χ1n) is 7.68. The highest BCUT2D eigenvalue weighted by atomic mass is 32.1. The Morgan fingerprint density at radius 2 is 1.86 bits per heavy atom. The van der Waals surface area contributed by atoms with E-state index in [2.05, 4.69) is 63.3 Å². The van der Waals surface area contributed by atoms with Crippen molar-refractivity contribution in [2.75, 3.05) is 13.2 Å². The first-order valence-corrected chi connectivity index (χ1v) is 8.50. The SMILES string of the molecule is CCCOc1ccc(C(NCC)c2cc(C)c(C)s2)cc1. The molecule has 1 heterocycles. The average Bonchev–Trinajstić information content (AvgIpc) is 2.82. The van der Waals surface area contributed by atoms with Crippen molar-refractivity contribution in [1.29, 1.82) is 0 Å². The summed E-state index contributed by atoms with van der Waals surface area (Å²) in [5.74, 6) is 0.953. The van der Waals surface area contributed by atoms with Gasteiger partial charge in [-0.25, -0.2) is 0 Å². The van der Waals surface area contributed by atoms with Crippen LogP contribution in [0.2, 0.25) is 0 Å². The quantitative estimate of drug-likeness (QED) is 0.789. The van der Waals surface area contributed by atoms with Crippen LogP contribution in [0.4, 0.5) is 0 Å². The molecule has 0 bridgehead atoms. The third-order valence-corrected chi connectivity index (χ3v) is 4.78. The van der Waals surface area contributed by atoms with Crippen molar-refractivity contribution in [2.45, 2.75) is 40.2 Å². The first kappa shape index (κ1) is 16.1. The monoisotopic (exact) mass is 303 g/mol. The van der Waals surface area contributed by atoms with Crippen LogP contribution in [0.3, 0.4) is 0 Å². The second-order valence-electron chi connectivity index (χ2n) is 5.30.